The van der Waals surface area contributed by atoms with Gasteiger partial charge in [0.25, 0.3) is 0 Å². The molecule has 2 aromatic rings. The number of nitrogens with zero attached hydrogens (tertiary/aromatic N) is 2. The SMILES string of the molecule is Cc1nc(CNC(=O)Cc2ccc(O)c(Cl)c2)n[nH]1. The van der Waals surface area contributed by atoms with Gasteiger partial charge in [0.05, 0.1) is 18.0 Å². The van der Waals surface area contributed by atoms with Crippen molar-refractivity contribution < 1.29 is 9.90 Å². The number of aromatic nitrogens is 3. The van der Waals surface area contributed by atoms with Crippen LogP contribution >= 0.6 is 11.6 Å². The number of carbonyl (C=O) groups is 1. The number of hydrogen-bond donors (Lipinski definition) is 3. The zero-order valence-electron chi connectivity index (χ0n) is 10.3. The van der Waals surface area contributed by atoms with Gasteiger partial charge in [-0.2, -0.15) is 5.10 Å². The lowest BCUT2D eigenvalue weighted by molar-refractivity contribution is -0.120. The molecular formula is C12H13ClN4O2. The third-order valence-electron chi connectivity index (χ3n) is 2.46. The fourth-order valence-electron chi connectivity index (χ4n) is 1.55. The first-order valence-electron chi connectivity index (χ1n) is 5.66. The normalized spacial score (nSPS) is 10.4. The van der Waals surface area contributed by atoms with Crippen LogP contribution in [0.15, 0.2) is 18.2 Å². The second kappa shape index (κ2) is 5.71. The number of carbonyl (C=O) groups excluding carboxylic acids is 1. The van der Waals surface area contributed by atoms with Crippen LogP contribution in [-0.2, 0) is 17.8 Å². The molecule has 0 saturated carbocycles. The molecule has 19 heavy (non-hydrogen) atoms. The van der Waals surface area contributed by atoms with Crippen LogP contribution < -0.4 is 5.32 Å². The first-order valence-corrected chi connectivity index (χ1v) is 6.04. The molecule has 6 nitrogen and oxygen atoms in total. The van der Waals surface area contributed by atoms with Crippen molar-refractivity contribution in [3.8, 4) is 5.75 Å². The van der Waals surface area contributed by atoms with Crippen molar-refractivity contribution >= 4 is 17.5 Å². The zero-order valence-corrected chi connectivity index (χ0v) is 11.0. The van der Waals surface area contributed by atoms with E-state index < -0.39 is 0 Å². The van der Waals surface area contributed by atoms with Crippen LogP contribution in [0.25, 0.3) is 0 Å². The molecule has 3 N–H and O–H groups in total. The lowest BCUT2D eigenvalue weighted by Gasteiger charge is -2.04. The Kier molecular flexibility index (Phi) is 4.01. The first kappa shape index (κ1) is 13.4. The van der Waals surface area contributed by atoms with Crippen molar-refractivity contribution in [1.82, 2.24) is 20.5 Å². The van der Waals surface area contributed by atoms with E-state index in [1.54, 1.807) is 19.1 Å². The number of H-pyrrole nitrogens is 1. The maximum absolute atomic E-state index is 11.7. The molecule has 0 spiro atoms. The van der Waals surface area contributed by atoms with Gasteiger partial charge >= 0.3 is 0 Å². The van der Waals surface area contributed by atoms with Gasteiger partial charge in [0.2, 0.25) is 5.91 Å². The standard InChI is InChI=1S/C12H13ClN4O2/c1-7-15-11(17-16-7)6-14-12(19)5-8-2-3-10(18)9(13)4-8/h2-4,18H,5-6H2,1H3,(H,14,19)(H,15,16,17). The quantitative estimate of drug-likeness (QED) is 0.788. The van der Waals surface area contributed by atoms with Gasteiger partial charge in [-0.15, -0.1) is 0 Å². The minimum atomic E-state index is -0.163. The summed E-state index contributed by atoms with van der Waals surface area (Å²) in [6, 6.07) is 4.68. The fourth-order valence-corrected chi connectivity index (χ4v) is 1.76. The maximum atomic E-state index is 11.7. The van der Waals surface area contributed by atoms with E-state index >= 15 is 0 Å². The number of halogens is 1. The zero-order chi connectivity index (χ0) is 13.8. The summed E-state index contributed by atoms with van der Waals surface area (Å²) in [6.45, 7) is 2.06. The molecule has 0 unspecified atom stereocenters. The van der Waals surface area contributed by atoms with E-state index in [1.807, 2.05) is 0 Å². The monoisotopic (exact) mass is 280 g/mol. The van der Waals surface area contributed by atoms with Crippen molar-refractivity contribution in [2.45, 2.75) is 19.9 Å². The summed E-state index contributed by atoms with van der Waals surface area (Å²) < 4.78 is 0. The largest absolute Gasteiger partial charge is 0.506 e. The number of amides is 1. The number of nitrogens with one attached hydrogen (secondary N) is 2. The van der Waals surface area contributed by atoms with Crippen molar-refractivity contribution in [3.63, 3.8) is 0 Å². The molecular weight excluding hydrogens is 268 g/mol. The molecule has 1 aromatic heterocycles. The van der Waals surface area contributed by atoms with E-state index in [1.165, 1.54) is 6.07 Å². The number of aromatic hydroxyl groups is 1. The highest BCUT2D eigenvalue weighted by molar-refractivity contribution is 6.32. The Labute approximate surface area is 114 Å². The van der Waals surface area contributed by atoms with Crippen molar-refractivity contribution in [2.75, 3.05) is 0 Å². The lowest BCUT2D eigenvalue weighted by atomic mass is 10.1. The summed E-state index contributed by atoms with van der Waals surface area (Å²) in [5.74, 6) is 1.08. The summed E-state index contributed by atoms with van der Waals surface area (Å²) >= 11 is 5.77. The molecule has 0 fully saturated rings. The van der Waals surface area contributed by atoms with Crippen LogP contribution in [-0.4, -0.2) is 26.2 Å². The minimum Gasteiger partial charge on any atom is -0.506 e. The third kappa shape index (κ3) is 3.69. The van der Waals surface area contributed by atoms with Gasteiger partial charge in [0.1, 0.15) is 11.6 Å². The molecule has 0 radical (unpaired) electrons. The number of phenolic OH excluding ortho intramolecular Hbond substituents is 1. The molecule has 0 bridgehead atoms. The van der Waals surface area contributed by atoms with Crippen molar-refractivity contribution in [2.24, 2.45) is 0 Å². The predicted octanol–water partition coefficient (Wildman–Crippen LogP) is 1.33. The Morgan fingerprint density at radius 1 is 1.53 bits per heavy atom. The molecule has 0 aliphatic carbocycles. The van der Waals surface area contributed by atoms with Gasteiger partial charge in [-0.1, -0.05) is 17.7 Å². The first-order chi connectivity index (χ1) is 9.04. The van der Waals surface area contributed by atoms with Crippen LogP contribution in [0, 0.1) is 6.92 Å². The molecule has 7 heteroatoms. The Morgan fingerprint density at radius 2 is 2.32 bits per heavy atom. The number of hydrogen-bond acceptors (Lipinski definition) is 4. The van der Waals surface area contributed by atoms with Crippen molar-refractivity contribution in [3.05, 3.63) is 40.4 Å². The molecule has 1 heterocycles. The highest BCUT2D eigenvalue weighted by Crippen LogP contribution is 2.23. The number of rotatable bonds is 4. The van der Waals surface area contributed by atoms with E-state index in [9.17, 15) is 9.90 Å². The van der Waals surface area contributed by atoms with E-state index in [4.69, 9.17) is 11.6 Å². The molecule has 0 atom stereocenters. The number of aromatic amines is 1. The van der Waals surface area contributed by atoms with Crippen LogP contribution in [0.5, 0.6) is 5.75 Å². The Bertz CT molecular complexity index is 597. The van der Waals surface area contributed by atoms with Gasteiger partial charge in [-0.25, -0.2) is 4.98 Å². The van der Waals surface area contributed by atoms with Crippen LogP contribution in [0.3, 0.4) is 0 Å². The second-order valence-corrected chi connectivity index (χ2v) is 4.48. The summed E-state index contributed by atoms with van der Waals surface area (Å²) in [6.07, 6.45) is 0.184. The van der Waals surface area contributed by atoms with Crippen LogP contribution in [0.1, 0.15) is 17.2 Å². The number of phenols is 1. The second-order valence-electron chi connectivity index (χ2n) is 4.08. The minimum absolute atomic E-state index is 0.00187. The van der Waals surface area contributed by atoms with E-state index in [-0.39, 0.29) is 29.6 Å². The third-order valence-corrected chi connectivity index (χ3v) is 2.77. The van der Waals surface area contributed by atoms with Gasteiger partial charge in [-0.3, -0.25) is 9.89 Å². The van der Waals surface area contributed by atoms with Gasteiger partial charge in [0.15, 0.2) is 5.82 Å². The maximum Gasteiger partial charge on any atom is 0.224 e. The molecule has 0 aliphatic heterocycles. The molecule has 1 aromatic carbocycles. The molecule has 1 amide bonds. The topological polar surface area (TPSA) is 90.9 Å². The highest BCUT2D eigenvalue weighted by atomic mass is 35.5. The highest BCUT2D eigenvalue weighted by Gasteiger charge is 2.07. The fraction of sp³-hybridized carbons (Fsp3) is 0.250. The summed E-state index contributed by atoms with van der Waals surface area (Å²) in [7, 11) is 0. The molecule has 2 rings (SSSR count). The summed E-state index contributed by atoms with van der Waals surface area (Å²) in [5, 5.41) is 18.8. The van der Waals surface area contributed by atoms with Gasteiger partial charge in [0, 0.05) is 0 Å². The van der Waals surface area contributed by atoms with Crippen LogP contribution in [0.2, 0.25) is 5.02 Å². The molecule has 0 saturated heterocycles. The summed E-state index contributed by atoms with van der Waals surface area (Å²) in [4.78, 5) is 15.8. The Balaban J connectivity index is 1.88. The smallest absolute Gasteiger partial charge is 0.224 e. The summed E-state index contributed by atoms with van der Waals surface area (Å²) in [5.41, 5.74) is 0.728. The van der Waals surface area contributed by atoms with E-state index in [0.717, 1.165) is 5.56 Å². The van der Waals surface area contributed by atoms with E-state index in [0.29, 0.717) is 11.6 Å². The Hall–Kier alpha value is -2.08. The Morgan fingerprint density at radius 3 is 2.95 bits per heavy atom. The lowest BCUT2D eigenvalue weighted by Crippen LogP contribution is -2.25. The van der Waals surface area contributed by atoms with E-state index in [2.05, 4.69) is 20.5 Å². The van der Waals surface area contributed by atoms with Gasteiger partial charge in [-0.05, 0) is 24.6 Å². The van der Waals surface area contributed by atoms with Crippen LogP contribution in [0.4, 0.5) is 0 Å². The number of benzene rings is 1. The van der Waals surface area contributed by atoms with Gasteiger partial charge < -0.3 is 10.4 Å². The number of aryl methyl sites for hydroxylation is 1. The molecule has 0 aliphatic rings. The average molecular weight is 281 g/mol. The predicted molar refractivity (Wildman–Crippen MR) is 69.8 cm³/mol. The molecule has 100 valence electrons. The average Bonchev–Trinajstić information content (AvgIpc) is 2.77. The van der Waals surface area contributed by atoms with Crippen molar-refractivity contribution in [1.29, 1.82) is 0 Å².